The average molecular weight is 305 g/mol. The van der Waals surface area contributed by atoms with Crippen molar-refractivity contribution in [2.24, 2.45) is 0 Å². The summed E-state index contributed by atoms with van der Waals surface area (Å²) in [5, 5.41) is 3.01. The molecule has 0 amide bonds. The van der Waals surface area contributed by atoms with E-state index in [2.05, 4.69) is 21.2 Å². The molecule has 2 nitrogen and oxygen atoms in total. The van der Waals surface area contributed by atoms with Crippen molar-refractivity contribution in [2.45, 2.75) is 6.54 Å². The smallest absolute Gasteiger partial charge is 0.164 e. The predicted molar refractivity (Wildman–Crippen MR) is 65.1 cm³/mol. The second kappa shape index (κ2) is 4.89. The van der Waals surface area contributed by atoms with Crippen LogP contribution in [0.3, 0.4) is 0 Å². The molecule has 1 aromatic carbocycles. The molecule has 84 valence electrons. The SMILES string of the molecule is Fc1c(Cl)cccc1NCc1occc1Br. The van der Waals surface area contributed by atoms with Crippen molar-refractivity contribution in [1.29, 1.82) is 0 Å². The van der Waals surface area contributed by atoms with Crippen molar-refractivity contribution < 1.29 is 8.81 Å². The number of nitrogens with one attached hydrogen (secondary N) is 1. The molecule has 0 saturated heterocycles. The third-order valence-electron chi connectivity index (χ3n) is 2.08. The molecule has 1 aromatic heterocycles. The number of anilines is 1. The molecule has 0 fully saturated rings. The van der Waals surface area contributed by atoms with Crippen LogP contribution in [0.5, 0.6) is 0 Å². The van der Waals surface area contributed by atoms with Crippen molar-refractivity contribution in [1.82, 2.24) is 0 Å². The minimum absolute atomic E-state index is 0.100. The van der Waals surface area contributed by atoms with Crippen molar-refractivity contribution in [3.8, 4) is 0 Å². The van der Waals surface area contributed by atoms with E-state index in [0.29, 0.717) is 18.0 Å². The van der Waals surface area contributed by atoms with Crippen molar-refractivity contribution in [3.63, 3.8) is 0 Å². The van der Waals surface area contributed by atoms with Gasteiger partial charge in [-0.05, 0) is 34.1 Å². The summed E-state index contributed by atoms with van der Waals surface area (Å²) < 4.78 is 19.5. The first kappa shape index (κ1) is 11.5. The lowest BCUT2D eigenvalue weighted by atomic mass is 10.3. The Hall–Kier alpha value is -1.00. The predicted octanol–water partition coefficient (Wildman–Crippen LogP) is 4.45. The fourth-order valence-corrected chi connectivity index (χ4v) is 1.78. The summed E-state index contributed by atoms with van der Waals surface area (Å²) in [6, 6.07) is 6.60. The fourth-order valence-electron chi connectivity index (χ4n) is 1.27. The van der Waals surface area contributed by atoms with E-state index in [-0.39, 0.29) is 5.02 Å². The van der Waals surface area contributed by atoms with E-state index in [1.54, 1.807) is 24.5 Å². The van der Waals surface area contributed by atoms with Gasteiger partial charge in [-0.2, -0.15) is 0 Å². The highest BCUT2D eigenvalue weighted by Crippen LogP contribution is 2.24. The summed E-state index contributed by atoms with van der Waals surface area (Å²) in [7, 11) is 0. The van der Waals surface area contributed by atoms with Crippen LogP contribution in [0.4, 0.5) is 10.1 Å². The van der Waals surface area contributed by atoms with Gasteiger partial charge in [-0.1, -0.05) is 17.7 Å². The largest absolute Gasteiger partial charge is 0.466 e. The fraction of sp³-hybridized carbons (Fsp3) is 0.0909. The molecule has 2 aromatic rings. The molecule has 2 rings (SSSR count). The Bertz CT molecular complexity index is 500. The Morgan fingerprint density at radius 1 is 1.38 bits per heavy atom. The molecule has 0 aliphatic rings. The van der Waals surface area contributed by atoms with E-state index in [1.165, 1.54) is 6.07 Å². The molecule has 0 unspecified atom stereocenters. The lowest BCUT2D eigenvalue weighted by molar-refractivity contribution is 0.515. The summed E-state index contributed by atoms with van der Waals surface area (Å²) >= 11 is 8.98. The molecular formula is C11H8BrClFNO. The zero-order chi connectivity index (χ0) is 11.5. The monoisotopic (exact) mass is 303 g/mol. The van der Waals surface area contributed by atoms with E-state index < -0.39 is 5.82 Å². The van der Waals surface area contributed by atoms with Crippen LogP contribution in [0.15, 0.2) is 39.4 Å². The first-order chi connectivity index (χ1) is 7.68. The van der Waals surface area contributed by atoms with Crippen LogP contribution in [0.25, 0.3) is 0 Å². The number of hydrogen-bond acceptors (Lipinski definition) is 2. The molecule has 0 spiro atoms. The topological polar surface area (TPSA) is 25.2 Å². The van der Waals surface area contributed by atoms with Gasteiger partial charge in [0.25, 0.3) is 0 Å². The van der Waals surface area contributed by atoms with E-state index >= 15 is 0 Å². The number of rotatable bonds is 3. The number of furan rings is 1. The lowest BCUT2D eigenvalue weighted by Gasteiger charge is -2.06. The van der Waals surface area contributed by atoms with Crippen LogP contribution in [-0.2, 0) is 6.54 Å². The number of hydrogen-bond donors (Lipinski definition) is 1. The molecule has 0 atom stereocenters. The van der Waals surface area contributed by atoms with Crippen LogP contribution < -0.4 is 5.32 Å². The second-order valence-corrected chi connectivity index (χ2v) is 4.41. The van der Waals surface area contributed by atoms with Gasteiger partial charge in [0.15, 0.2) is 5.82 Å². The minimum atomic E-state index is -0.452. The van der Waals surface area contributed by atoms with Crippen LogP contribution in [0.2, 0.25) is 5.02 Å². The number of halogens is 3. The van der Waals surface area contributed by atoms with Gasteiger partial charge < -0.3 is 9.73 Å². The first-order valence-corrected chi connectivity index (χ1v) is 5.75. The Morgan fingerprint density at radius 2 is 2.19 bits per heavy atom. The molecule has 0 bridgehead atoms. The zero-order valence-electron chi connectivity index (χ0n) is 8.14. The minimum Gasteiger partial charge on any atom is -0.466 e. The van der Waals surface area contributed by atoms with Crippen molar-refractivity contribution >= 4 is 33.2 Å². The molecule has 0 aliphatic heterocycles. The van der Waals surface area contributed by atoms with Gasteiger partial charge >= 0.3 is 0 Å². The van der Waals surface area contributed by atoms with Crippen LogP contribution in [0.1, 0.15) is 5.76 Å². The maximum absolute atomic E-state index is 13.5. The van der Waals surface area contributed by atoms with Gasteiger partial charge in [-0.25, -0.2) is 4.39 Å². The Labute approximate surface area is 106 Å². The second-order valence-electron chi connectivity index (χ2n) is 3.15. The summed E-state index contributed by atoms with van der Waals surface area (Å²) in [6.45, 7) is 0.394. The third-order valence-corrected chi connectivity index (χ3v) is 3.08. The van der Waals surface area contributed by atoms with E-state index in [0.717, 1.165) is 4.47 Å². The van der Waals surface area contributed by atoms with Crippen molar-refractivity contribution in [2.75, 3.05) is 5.32 Å². The van der Waals surface area contributed by atoms with Gasteiger partial charge in [-0.15, -0.1) is 0 Å². The highest BCUT2D eigenvalue weighted by Gasteiger charge is 2.07. The normalized spacial score (nSPS) is 10.4. The molecule has 5 heteroatoms. The van der Waals surface area contributed by atoms with Gasteiger partial charge in [0.1, 0.15) is 5.76 Å². The van der Waals surface area contributed by atoms with E-state index in [1.807, 2.05) is 0 Å². The molecule has 0 aliphatic carbocycles. The Kier molecular flexibility index (Phi) is 3.51. The lowest BCUT2D eigenvalue weighted by Crippen LogP contribution is -2.01. The van der Waals surface area contributed by atoms with Crippen LogP contribution in [0, 0.1) is 5.82 Å². The molecule has 16 heavy (non-hydrogen) atoms. The van der Waals surface area contributed by atoms with Gasteiger partial charge in [0, 0.05) is 0 Å². The van der Waals surface area contributed by atoms with Crippen LogP contribution in [-0.4, -0.2) is 0 Å². The average Bonchev–Trinajstić information content (AvgIpc) is 2.67. The maximum atomic E-state index is 13.5. The summed E-state index contributed by atoms with van der Waals surface area (Å²) in [4.78, 5) is 0. The summed E-state index contributed by atoms with van der Waals surface area (Å²) in [5.74, 6) is 0.256. The standard InChI is InChI=1S/C11H8BrClFNO/c12-7-4-5-16-10(7)6-15-9-3-1-2-8(13)11(9)14/h1-5,15H,6H2. The summed E-state index contributed by atoms with van der Waals surface area (Å²) in [6.07, 6.45) is 1.56. The molecule has 1 N–H and O–H groups in total. The molecule has 0 saturated carbocycles. The van der Waals surface area contributed by atoms with Crippen molar-refractivity contribution in [3.05, 3.63) is 51.6 Å². The molecule has 1 heterocycles. The Balaban J connectivity index is 2.11. The van der Waals surface area contributed by atoms with E-state index in [9.17, 15) is 4.39 Å². The molecular weight excluding hydrogens is 296 g/mol. The Morgan fingerprint density at radius 3 is 2.88 bits per heavy atom. The third kappa shape index (κ3) is 2.39. The summed E-state index contributed by atoms with van der Waals surface area (Å²) in [5.41, 5.74) is 0.357. The maximum Gasteiger partial charge on any atom is 0.164 e. The first-order valence-electron chi connectivity index (χ1n) is 4.58. The number of benzene rings is 1. The molecule has 0 radical (unpaired) electrons. The van der Waals surface area contributed by atoms with Gasteiger partial charge in [0.2, 0.25) is 0 Å². The van der Waals surface area contributed by atoms with E-state index in [4.69, 9.17) is 16.0 Å². The highest BCUT2D eigenvalue weighted by atomic mass is 79.9. The quantitative estimate of drug-likeness (QED) is 0.906. The van der Waals surface area contributed by atoms with Crippen LogP contribution >= 0.6 is 27.5 Å². The van der Waals surface area contributed by atoms with Gasteiger partial charge in [0.05, 0.1) is 28.0 Å². The van der Waals surface area contributed by atoms with Gasteiger partial charge in [-0.3, -0.25) is 0 Å². The highest BCUT2D eigenvalue weighted by molar-refractivity contribution is 9.10. The zero-order valence-corrected chi connectivity index (χ0v) is 10.5.